The number of rotatable bonds is 7. The molecule has 2 N–H and O–H groups in total. The number of aryl methyl sites for hydroxylation is 1. The summed E-state index contributed by atoms with van der Waals surface area (Å²) in [4.78, 5) is 10.5. The lowest BCUT2D eigenvalue weighted by molar-refractivity contribution is -0.0250. The average molecular weight is 514 g/mol. The van der Waals surface area contributed by atoms with Crippen LogP contribution >= 0.6 is 35.3 Å². The van der Waals surface area contributed by atoms with Gasteiger partial charge in [0.25, 0.3) is 0 Å². The van der Waals surface area contributed by atoms with Crippen molar-refractivity contribution in [2.75, 3.05) is 26.2 Å². The van der Waals surface area contributed by atoms with E-state index >= 15 is 0 Å². The van der Waals surface area contributed by atoms with Crippen molar-refractivity contribution in [3.63, 3.8) is 0 Å². The largest absolute Gasteiger partial charge is 0.373 e. The molecule has 154 valence electrons. The summed E-state index contributed by atoms with van der Waals surface area (Å²) < 4.78 is 6.09. The summed E-state index contributed by atoms with van der Waals surface area (Å²) in [7, 11) is 0. The quantitative estimate of drug-likeness (QED) is 0.328. The Kier molecular flexibility index (Phi) is 10.2. The molecule has 5 nitrogen and oxygen atoms in total. The van der Waals surface area contributed by atoms with Gasteiger partial charge in [-0.1, -0.05) is 30.3 Å². The molecule has 1 aromatic carbocycles. The van der Waals surface area contributed by atoms with E-state index in [1.807, 2.05) is 6.20 Å². The zero-order chi connectivity index (χ0) is 18.9. The van der Waals surface area contributed by atoms with Gasteiger partial charge in [0.2, 0.25) is 0 Å². The number of nitrogens with zero attached hydrogens (tertiary/aromatic N) is 2. The second kappa shape index (κ2) is 12.4. The molecule has 1 aliphatic heterocycles. The van der Waals surface area contributed by atoms with Crippen LogP contribution < -0.4 is 10.6 Å². The lowest BCUT2D eigenvalue weighted by atomic mass is 9.89. The van der Waals surface area contributed by atoms with Crippen LogP contribution in [0.4, 0.5) is 0 Å². The number of ether oxygens (including phenoxy) is 1. The van der Waals surface area contributed by atoms with Gasteiger partial charge in [-0.2, -0.15) is 0 Å². The number of hydrogen-bond donors (Lipinski definition) is 2. The highest BCUT2D eigenvalue weighted by atomic mass is 127. The van der Waals surface area contributed by atoms with Gasteiger partial charge in [0, 0.05) is 49.7 Å². The SMILES string of the molecule is CCNC(=NCC1CCCOC1c1ccccc1)NCCc1ncc(C)s1.I. The molecule has 28 heavy (non-hydrogen) atoms. The first-order valence-electron chi connectivity index (χ1n) is 9.86. The third-order valence-electron chi connectivity index (χ3n) is 4.70. The number of halogens is 1. The number of nitrogens with one attached hydrogen (secondary N) is 2. The lowest BCUT2D eigenvalue weighted by Gasteiger charge is -2.31. The average Bonchev–Trinajstić information content (AvgIpc) is 3.12. The Labute approximate surface area is 189 Å². The van der Waals surface area contributed by atoms with E-state index in [0.29, 0.717) is 5.92 Å². The lowest BCUT2D eigenvalue weighted by Crippen LogP contribution is -2.39. The predicted molar refractivity (Wildman–Crippen MR) is 128 cm³/mol. The van der Waals surface area contributed by atoms with Crippen LogP contribution in [0.25, 0.3) is 0 Å². The highest BCUT2D eigenvalue weighted by Crippen LogP contribution is 2.33. The van der Waals surface area contributed by atoms with Crippen LogP contribution in [0.5, 0.6) is 0 Å². The van der Waals surface area contributed by atoms with Crippen LogP contribution in [0.3, 0.4) is 0 Å². The summed E-state index contributed by atoms with van der Waals surface area (Å²) in [5, 5.41) is 7.95. The number of aromatic nitrogens is 1. The molecule has 2 unspecified atom stereocenters. The van der Waals surface area contributed by atoms with Gasteiger partial charge in [0.05, 0.1) is 11.1 Å². The first-order valence-corrected chi connectivity index (χ1v) is 10.7. The van der Waals surface area contributed by atoms with Crippen molar-refractivity contribution in [1.29, 1.82) is 0 Å². The molecule has 0 spiro atoms. The maximum atomic E-state index is 6.09. The highest BCUT2D eigenvalue weighted by molar-refractivity contribution is 14.0. The molecule has 0 saturated carbocycles. The molecule has 0 amide bonds. The minimum Gasteiger partial charge on any atom is -0.373 e. The Hall–Kier alpha value is -1.19. The van der Waals surface area contributed by atoms with Gasteiger partial charge in [-0.05, 0) is 32.3 Å². The summed E-state index contributed by atoms with van der Waals surface area (Å²) in [6, 6.07) is 10.5. The number of guanidine groups is 1. The van der Waals surface area contributed by atoms with E-state index in [0.717, 1.165) is 51.5 Å². The Morgan fingerprint density at radius 1 is 1.29 bits per heavy atom. The fourth-order valence-corrected chi connectivity index (χ4v) is 4.18. The number of thiazole rings is 1. The molecule has 2 heterocycles. The Morgan fingerprint density at radius 3 is 2.82 bits per heavy atom. The van der Waals surface area contributed by atoms with Gasteiger partial charge in [-0.3, -0.25) is 4.99 Å². The van der Waals surface area contributed by atoms with Crippen molar-refractivity contribution in [3.05, 3.63) is 52.0 Å². The first-order chi connectivity index (χ1) is 13.3. The summed E-state index contributed by atoms with van der Waals surface area (Å²) in [5.74, 6) is 1.29. The van der Waals surface area contributed by atoms with Crippen molar-refractivity contribution in [2.45, 2.75) is 39.2 Å². The smallest absolute Gasteiger partial charge is 0.191 e. The van der Waals surface area contributed by atoms with Crippen LogP contribution in [0.15, 0.2) is 41.5 Å². The zero-order valence-electron chi connectivity index (χ0n) is 16.7. The molecule has 3 rings (SSSR count). The molecule has 1 saturated heterocycles. The third kappa shape index (κ3) is 7.00. The summed E-state index contributed by atoms with van der Waals surface area (Å²) in [6.45, 7) is 7.48. The molecule has 1 aliphatic rings. The summed E-state index contributed by atoms with van der Waals surface area (Å²) >= 11 is 1.76. The van der Waals surface area contributed by atoms with Gasteiger partial charge >= 0.3 is 0 Å². The van der Waals surface area contributed by atoms with Crippen LogP contribution in [-0.2, 0) is 11.2 Å². The van der Waals surface area contributed by atoms with Gasteiger partial charge in [-0.15, -0.1) is 35.3 Å². The maximum absolute atomic E-state index is 6.09. The normalized spacial score (nSPS) is 19.7. The molecule has 0 bridgehead atoms. The van der Waals surface area contributed by atoms with Crippen LogP contribution in [0, 0.1) is 12.8 Å². The second-order valence-electron chi connectivity index (χ2n) is 6.87. The molecule has 2 aromatic rings. The van der Waals surface area contributed by atoms with E-state index in [4.69, 9.17) is 9.73 Å². The monoisotopic (exact) mass is 514 g/mol. The number of hydrogen-bond acceptors (Lipinski definition) is 4. The van der Waals surface area contributed by atoms with E-state index in [9.17, 15) is 0 Å². The first kappa shape index (κ1) is 23.1. The molecular weight excluding hydrogens is 483 g/mol. The van der Waals surface area contributed by atoms with Gasteiger partial charge in [0.15, 0.2) is 5.96 Å². The fraction of sp³-hybridized carbons (Fsp3) is 0.524. The van der Waals surface area contributed by atoms with Gasteiger partial charge in [-0.25, -0.2) is 4.98 Å². The third-order valence-corrected chi connectivity index (χ3v) is 5.67. The minimum absolute atomic E-state index is 0. The van der Waals surface area contributed by atoms with E-state index in [1.165, 1.54) is 15.4 Å². The van der Waals surface area contributed by atoms with Crippen molar-refractivity contribution >= 4 is 41.3 Å². The summed E-state index contributed by atoms with van der Waals surface area (Å²) in [5.41, 5.74) is 1.26. The van der Waals surface area contributed by atoms with E-state index in [-0.39, 0.29) is 30.1 Å². The van der Waals surface area contributed by atoms with Crippen molar-refractivity contribution in [3.8, 4) is 0 Å². The Bertz CT molecular complexity index is 722. The molecule has 1 aromatic heterocycles. The molecule has 0 radical (unpaired) electrons. The Balaban J connectivity index is 0.00000280. The van der Waals surface area contributed by atoms with Crippen molar-refractivity contribution < 1.29 is 4.74 Å². The van der Waals surface area contributed by atoms with Crippen molar-refractivity contribution in [1.82, 2.24) is 15.6 Å². The fourth-order valence-electron chi connectivity index (χ4n) is 3.40. The standard InChI is InChI=1S/C21H30N4OS.HI/c1-3-22-21(23-12-11-19-24-14-16(2)27-19)25-15-18-10-7-13-26-20(18)17-8-5-4-6-9-17;/h4-6,8-9,14,18,20H,3,7,10-13,15H2,1-2H3,(H2,22,23,25);1H. The van der Waals surface area contributed by atoms with E-state index in [1.54, 1.807) is 11.3 Å². The van der Waals surface area contributed by atoms with Crippen LogP contribution in [0.1, 0.15) is 41.3 Å². The molecule has 1 fully saturated rings. The second-order valence-corrected chi connectivity index (χ2v) is 8.18. The predicted octanol–water partition coefficient (Wildman–Crippen LogP) is 4.34. The van der Waals surface area contributed by atoms with Gasteiger partial charge < -0.3 is 15.4 Å². The van der Waals surface area contributed by atoms with E-state index < -0.39 is 0 Å². The molecular formula is C21H31IN4OS. The zero-order valence-corrected chi connectivity index (χ0v) is 19.8. The van der Waals surface area contributed by atoms with Gasteiger partial charge in [0.1, 0.15) is 0 Å². The number of benzene rings is 1. The van der Waals surface area contributed by atoms with E-state index in [2.05, 4.69) is 59.8 Å². The van der Waals surface area contributed by atoms with Crippen molar-refractivity contribution in [2.24, 2.45) is 10.9 Å². The Morgan fingerprint density at radius 2 is 2.11 bits per heavy atom. The van der Waals surface area contributed by atoms with Crippen LogP contribution in [-0.4, -0.2) is 37.2 Å². The molecule has 7 heteroatoms. The number of aliphatic imine (C=N–C) groups is 1. The molecule has 0 aliphatic carbocycles. The highest BCUT2D eigenvalue weighted by Gasteiger charge is 2.27. The topological polar surface area (TPSA) is 58.5 Å². The summed E-state index contributed by atoms with van der Waals surface area (Å²) in [6.07, 6.45) is 5.26. The maximum Gasteiger partial charge on any atom is 0.191 e. The molecule has 2 atom stereocenters. The minimum atomic E-state index is 0. The van der Waals surface area contributed by atoms with Crippen LogP contribution in [0.2, 0.25) is 0 Å².